The molecule has 1 fully saturated rings. The van der Waals surface area contributed by atoms with Crippen molar-refractivity contribution in [3.8, 4) is 11.5 Å². The van der Waals surface area contributed by atoms with Gasteiger partial charge in [-0.1, -0.05) is 11.6 Å². The van der Waals surface area contributed by atoms with Crippen molar-refractivity contribution in [2.24, 2.45) is 5.92 Å². The Labute approximate surface area is 160 Å². The zero-order chi connectivity index (χ0) is 18.1. The Balaban J connectivity index is 1.64. The highest BCUT2D eigenvalue weighted by atomic mass is 35.5. The Bertz CT molecular complexity index is 956. The summed E-state index contributed by atoms with van der Waals surface area (Å²) in [7, 11) is -0.265. The number of hydrogen-bond acceptors (Lipinski definition) is 5. The van der Waals surface area contributed by atoms with E-state index in [0.29, 0.717) is 16.8 Å². The van der Waals surface area contributed by atoms with E-state index >= 15 is 0 Å². The summed E-state index contributed by atoms with van der Waals surface area (Å²) in [5.74, 6) is 3.13. The number of imidazole rings is 1. The van der Waals surface area contributed by atoms with Gasteiger partial charge in [0.1, 0.15) is 17.2 Å². The van der Waals surface area contributed by atoms with Crippen molar-refractivity contribution in [1.82, 2.24) is 19.4 Å². The lowest BCUT2D eigenvalue weighted by molar-refractivity contribution is 0.450. The van der Waals surface area contributed by atoms with E-state index in [0.717, 1.165) is 42.4 Å². The molecule has 4 rings (SSSR count). The quantitative estimate of drug-likeness (QED) is 0.740. The maximum absolute atomic E-state index is 7.87. The predicted molar refractivity (Wildman–Crippen MR) is 107 cm³/mol. The molecule has 0 saturated carbocycles. The molecule has 4 heterocycles. The van der Waals surface area contributed by atoms with Crippen molar-refractivity contribution < 1.29 is 0 Å². The first kappa shape index (κ1) is 17.4. The lowest BCUT2D eigenvalue weighted by Gasteiger charge is -2.33. The Morgan fingerprint density at radius 1 is 1.31 bits per heavy atom. The third kappa shape index (κ3) is 3.59. The lowest BCUT2D eigenvalue weighted by Crippen LogP contribution is -2.37. The normalized spacial score (nSPS) is 19.0. The first-order valence-corrected chi connectivity index (χ1v) is 10.8. The number of halogens is 1. The van der Waals surface area contributed by atoms with Crippen LogP contribution in [0.3, 0.4) is 0 Å². The molecule has 6 nitrogen and oxygen atoms in total. The van der Waals surface area contributed by atoms with Gasteiger partial charge in [-0.3, -0.25) is 9.18 Å². The summed E-state index contributed by atoms with van der Waals surface area (Å²) in [4.78, 5) is 16.0. The van der Waals surface area contributed by atoms with E-state index < -0.39 is 0 Å². The first-order chi connectivity index (χ1) is 12.6. The number of aromatic nitrogens is 4. The highest BCUT2D eigenvalue weighted by Gasteiger charge is 2.22. The average Bonchev–Trinajstić information content (AvgIpc) is 3.04. The van der Waals surface area contributed by atoms with Crippen molar-refractivity contribution in [1.29, 1.82) is 4.78 Å². The Hall–Kier alpha value is -1.99. The second-order valence-electron chi connectivity index (χ2n) is 6.72. The molecule has 1 N–H and O–H groups in total. The summed E-state index contributed by atoms with van der Waals surface area (Å²) in [5, 5.41) is 0.650. The Morgan fingerprint density at radius 3 is 3.04 bits per heavy atom. The highest BCUT2D eigenvalue weighted by Crippen LogP contribution is 2.25. The van der Waals surface area contributed by atoms with Gasteiger partial charge in [-0.05, 0) is 43.2 Å². The largest absolute Gasteiger partial charge is 0.356 e. The number of anilines is 1. The van der Waals surface area contributed by atoms with E-state index in [1.165, 1.54) is 6.42 Å². The van der Waals surface area contributed by atoms with Crippen LogP contribution in [-0.4, -0.2) is 44.5 Å². The minimum atomic E-state index is -0.265. The predicted octanol–water partition coefficient (Wildman–Crippen LogP) is 3.67. The molecule has 3 aromatic rings. The van der Waals surface area contributed by atoms with Crippen LogP contribution in [0.2, 0.25) is 5.02 Å². The maximum atomic E-state index is 7.87. The molecule has 0 aliphatic carbocycles. The van der Waals surface area contributed by atoms with Crippen LogP contribution in [-0.2, 0) is 10.7 Å². The molecule has 26 heavy (non-hydrogen) atoms. The number of rotatable bonds is 4. The van der Waals surface area contributed by atoms with Crippen molar-refractivity contribution >= 4 is 33.8 Å². The fourth-order valence-electron chi connectivity index (χ4n) is 3.53. The van der Waals surface area contributed by atoms with Crippen LogP contribution in [0.1, 0.15) is 12.8 Å². The Morgan fingerprint density at radius 2 is 2.19 bits per heavy atom. The molecule has 0 spiro atoms. The highest BCUT2D eigenvalue weighted by molar-refractivity contribution is 7.85. The molecule has 0 amide bonds. The van der Waals surface area contributed by atoms with Gasteiger partial charge in [0, 0.05) is 31.2 Å². The zero-order valence-corrected chi connectivity index (χ0v) is 16.2. The van der Waals surface area contributed by atoms with Gasteiger partial charge < -0.3 is 4.90 Å². The fraction of sp³-hybridized carbons (Fsp3) is 0.389. The van der Waals surface area contributed by atoms with Crippen LogP contribution >= 0.6 is 11.6 Å². The number of piperidine rings is 1. The van der Waals surface area contributed by atoms with Crippen LogP contribution in [0.25, 0.3) is 17.2 Å². The van der Waals surface area contributed by atoms with Gasteiger partial charge in [0.15, 0.2) is 5.82 Å². The monoisotopic (exact) mass is 388 g/mol. The minimum Gasteiger partial charge on any atom is -0.356 e. The third-order valence-electron chi connectivity index (χ3n) is 4.67. The average molecular weight is 389 g/mol. The van der Waals surface area contributed by atoms with Crippen molar-refractivity contribution in [2.45, 2.75) is 12.8 Å². The van der Waals surface area contributed by atoms with Crippen molar-refractivity contribution in [3.05, 3.63) is 41.8 Å². The summed E-state index contributed by atoms with van der Waals surface area (Å²) in [5.41, 5.74) is 1.65. The molecule has 0 radical (unpaired) electrons. The van der Waals surface area contributed by atoms with Gasteiger partial charge in [-0.25, -0.2) is 15.0 Å². The van der Waals surface area contributed by atoms with Crippen LogP contribution < -0.4 is 4.90 Å². The van der Waals surface area contributed by atoms with E-state index in [4.69, 9.17) is 21.4 Å². The van der Waals surface area contributed by atoms with Crippen molar-refractivity contribution in [3.63, 3.8) is 0 Å². The standard InChI is InChI=1S/C18H21ClN6S/c1-26(20)12-13-3-2-8-24(10-13)17-6-7-21-18(23-17)15-9-22-16-5-4-14(19)11-25(15)16/h4-7,9,11,13,20H,2-3,8,10,12H2,1H3/t13-,26?/m0/s1. The second kappa shape index (κ2) is 7.32. The van der Waals surface area contributed by atoms with E-state index in [1.54, 1.807) is 12.4 Å². The molecular weight excluding hydrogens is 368 g/mol. The summed E-state index contributed by atoms with van der Waals surface area (Å²) in [6.45, 7) is 1.97. The van der Waals surface area contributed by atoms with Crippen LogP contribution in [0, 0.1) is 10.7 Å². The third-order valence-corrected chi connectivity index (χ3v) is 5.86. The van der Waals surface area contributed by atoms with Crippen LogP contribution in [0.4, 0.5) is 5.82 Å². The molecule has 1 saturated heterocycles. The maximum Gasteiger partial charge on any atom is 0.180 e. The molecule has 1 aliphatic heterocycles. The minimum absolute atomic E-state index is 0.265. The van der Waals surface area contributed by atoms with Crippen LogP contribution in [0.5, 0.6) is 0 Å². The summed E-state index contributed by atoms with van der Waals surface area (Å²) in [6, 6.07) is 5.68. The molecule has 0 bridgehead atoms. The van der Waals surface area contributed by atoms with Gasteiger partial charge in [0.25, 0.3) is 0 Å². The van der Waals surface area contributed by atoms with Gasteiger partial charge in [0.2, 0.25) is 0 Å². The Kier molecular flexibility index (Phi) is 4.91. The molecular formula is C18H21ClN6S. The van der Waals surface area contributed by atoms with E-state index in [-0.39, 0.29) is 10.7 Å². The number of fused-ring (bicyclic) bond motifs is 1. The SMILES string of the molecule is CS(=N)C[C@H]1CCCN(c2ccnc(-c3cnc4ccc(Cl)cn34)n2)C1. The first-order valence-electron chi connectivity index (χ1n) is 8.65. The van der Waals surface area contributed by atoms with Gasteiger partial charge in [0.05, 0.1) is 11.2 Å². The van der Waals surface area contributed by atoms with Gasteiger partial charge in [-0.15, -0.1) is 10.7 Å². The number of pyridine rings is 1. The van der Waals surface area contributed by atoms with Crippen molar-refractivity contribution in [2.75, 3.05) is 30.0 Å². The number of nitrogens with zero attached hydrogens (tertiary/aromatic N) is 5. The molecule has 0 aromatic carbocycles. The molecule has 1 unspecified atom stereocenters. The summed E-state index contributed by atoms with van der Waals surface area (Å²) in [6.07, 6.45) is 9.77. The lowest BCUT2D eigenvalue weighted by atomic mass is 10.0. The molecule has 1 aliphatic rings. The molecule has 8 heteroatoms. The zero-order valence-electron chi connectivity index (χ0n) is 14.6. The molecule has 2 atom stereocenters. The summed E-state index contributed by atoms with van der Waals surface area (Å²) >= 11 is 6.13. The number of nitrogens with one attached hydrogen (secondary N) is 1. The van der Waals surface area contributed by atoms with Crippen LogP contribution in [0.15, 0.2) is 36.8 Å². The number of hydrogen-bond donors (Lipinski definition) is 1. The topological polar surface area (TPSA) is 70.2 Å². The second-order valence-corrected chi connectivity index (χ2v) is 8.76. The van der Waals surface area contributed by atoms with Gasteiger partial charge in [-0.2, -0.15) is 0 Å². The molecule has 3 aromatic heterocycles. The fourth-order valence-corrected chi connectivity index (χ4v) is 4.67. The van der Waals surface area contributed by atoms with E-state index in [1.807, 2.05) is 35.1 Å². The van der Waals surface area contributed by atoms with E-state index in [2.05, 4.69) is 14.9 Å². The molecule has 136 valence electrons. The van der Waals surface area contributed by atoms with E-state index in [9.17, 15) is 0 Å². The smallest absolute Gasteiger partial charge is 0.180 e. The van der Waals surface area contributed by atoms with Gasteiger partial charge >= 0.3 is 0 Å². The summed E-state index contributed by atoms with van der Waals surface area (Å²) < 4.78 is 9.79.